The molecule has 0 aliphatic rings. The highest BCUT2D eigenvalue weighted by molar-refractivity contribution is 5.66. The molecule has 3 heteroatoms. The van der Waals surface area contributed by atoms with Crippen molar-refractivity contribution in [3.05, 3.63) is 0 Å². The summed E-state index contributed by atoms with van der Waals surface area (Å²) < 4.78 is 4.68. The van der Waals surface area contributed by atoms with Crippen molar-refractivity contribution in [2.45, 2.75) is 19.8 Å². The third kappa shape index (κ3) is 5.14. The van der Waals surface area contributed by atoms with Gasteiger partial charge in [-0.2, -0.15) is 0 Å². The van der Waals surface area contributed by atoms with E-state index in [4.69, 9.17) is 0 Å². The molecule has 0 aromatic carbocycles. The first-order valence-corrected chi connectivity index (χ1v) is 3.15. The Balaban J connectivity index is 2.97. The van der Waals surface area contributed by atoms with E-state index in [-0.39, 0.29) is 6.09 Å². The number of amides is 1. The summed E-state index contributed by atoms with van der Waals surface area (Å²) in [5, 5.41) is 2.36. The number of hydrogen-bond acceptors (Lipinski definition) is 2. The number of carbonyl (C=O) groups is 1. The fourth-order valence-electron chi connectivity index (χ4n) is 0.381. The van der Waals surface area contributed by atoms with Crippen LogP contribution in [0.25, 0.3) is 0 Å². The summed E-state index contributed by atoms with van der Waals surface area (Å²) in [7, 11) is 1.55. The third-order valence-electron chi connectivity index (χ3n) is 0.935. The summed E-state index contributed by atoms with van der Waals surface area (Å²) in [6, 6.07) is 0. The van der Waals surface area contributed by atoms with Gasteiger partial charge in [0.25, 0.3) is 0 Å². The molecule has 0 saturated carbocycles. The van der Waals surface area contributed by atoms with Crippen LogP contribution < -0.4 is 5.32 Å². The minimum Gasteiger partial charge on any atom is -0.450 e. The van der Waals surface area contributed by atoms with Gasteiger partial charge in [0, 0.05) is 7.05 Å². The Labute approximate surface area is 55.4 Å². The van der Waals surface area contributed by atoms with Gasteiger partial charge in [0.15, 0.2) is 0 Å². The fourth-order valence-corrected chi connectivity index (χ4v) is 0.381. The molecule has 0 aliphatic heterocycles. The number of nitrogens with one attached hydrogen (secondary N) is 1. The molecule has 0 spiro atoms. The third-order valence-corrected chi connectivity index (χ3v) is 0.935. The topological polar surface area (TPSA) is 38.3 Å². The zero-order valence-corrected chi connectivity index (χ0v) is 5.94. The summed E-state index contributed by atoms with van der Waals surface area (Å²) in [6.07, 6.45) is 1.65. The molecule has 0 aromatic rings. The predicted molar refractivity (Wildman–Crippen MR) is 35.3 cm³/mol. The maximum atomic E-state index is 10.4. The molecule has 1 N–H and O–H groups in total. The van der Waals surface area contributed by atoms with Crippen LogP contribution >= 0.6 is 0 Å². The molecule has 0 atom stereocenters. The van der Waals surface area contributed by atoms with E-state index in [2.05, 4.69) is 10.1 Å². The lowest BCUT2D eigenvalue weighted by Crippen LogP contribution is -2.19. The van der Waals surface area contributed by atoms with Crippen molar-refractivity contribution in [3.8, 4) is 0 Å². The predicted octanol–water partition coefficient (Wildman–Crippen LogP) is 1.14. The van der Waals surface area contributed by atoms with Crippen LogP contribution in [0.2, 0.25) is 0 Å². The van der Waals surface area contributed by atoms with Gasteiger partial charge in [-0.15, -0.1) is 0 Å². The SMILES string of the molecule is CCCCOC(=O)NC. The van der Waals surface area contributed by atoms with Crippen LogP contribution in [-0.4, -0.2) is 19.7 Å². The first-order chi connectivity index (χ1) is 4.31. The number of rotatable bonds is 3. The quantitative estimate of drug-likeness (QED) is 0.583. The van der Waals surface area contributed by atoms with Crippen molar-refractivity contribution in [2.24, 2.45) is 0 Å². The van der Waals surface area contributed by atoms with Crippen LogP contribution in [-0.2, 0) is 4.74 Å². The fraction of sp³-hybridized carbons (Fsp3) is 0.833. The van der Waals surface area contributed by atoms with Crippen molar-refractivity contribution in [2.75, 3.05) is 13.7 Å². The monoisotopic (exact) mass is 131 g/mol. The van der Waals surface area contributed by atoms with Gasteiger partial charge >= 0.3 is 6.09 Å². The van der Waals surface area contributed by atoms with E-state index in [1.807, 2.05) is 6.92 Å². The second-order valence-corrected chi connectivity index (χ2v) is 1.74. The smallest absolute Gasteiger partial charge is 0.406 e. The Bertz CT molecular complexity index is 83.1. The highest BCUT2D eigenvalue weighted by atomic mass is 16.5. The maximum Gasteiger partial charge on any atom is 0.406 e. The minimum atomic E-state index is -0.344. The van der Waals surface area contributed by atoms with E-state index in [0.717, 1.165) is 12.8 Å². The molecule has 0 heterocycles. The Morgan fingerprint density at radius 3 is 2.78 bits per heavy atom. The average molecular weight is 131 g/mol. The number of ether oxygens (including phenoxy) is 1. The van der Waals surface area contributed by atoms with Crippen LogP contribution in [0.15, 0.2) is 0 Å². The summed E-state index contributed by atoms with van der Waals surface area (Å²) in [4.78, 5) is 10.4. The van der Waals surface area contributed by atoms with Crippen molar-refractivity contribution in [1.82, 2.24) is 5.32 Å². The zero-order chi connectivity index (χ0) is 7.11. The van der Waals surface area contributed by atoms with E-state index in [0.29, 0.717) is 6.61 Å². The second kappa shape index (κ2) is 5.41. The standard InChI is InChI=1S/C6H13NO2/c1-3-4-5-9-6(8)7-2/h3-5H2,1-2H3,(H,7,8). The summed E-state index contributed by atoms with van der Waals surface area (Å²) >= 11 is 0. The lowest BCUT2D eigenvalue weighted by Gasteiger charge is -2.00. The lowest BCUT2D eigenvalue weighted by atomic mass is 10.4. The average Bonchev–Trinajstić information content (AvgIpc) is 1.89. The van der Waals surface area contributed by atoms with Crippen LogP contribution in [0.5, 0.6) is 0 Å². The van der Waals surface area contributed by atoms with Crippen molar-refractivity contribution < 1.29 is 9.53 Å². The van der Waals surface area contributed by atoms with Gasteiger partial charge in [0.2, 0.25) is 0 Å². The summed E-state index contributed by atoms with van der Waals surface area (Å²) in [5.41, 5.74) is 0. The first kappa shape index (κ1) is 8.27. The van der Waals surface area contributed by atoms with Crippen molar-refractivity contribution in [3.63, 3.8) is 0 Å². The minimum absolute atomic E-state index is 0.344. The van der Waals surface area contributed by atoms with Gasteiger partial charge in [-0.1, -0.05) is 13.3 Å². The van der Waals surface area contributed by atoms with E-state index in [9.17, 15) is 4.79 Å². The van der Waals surface area contributed by atoms with E-state index >= 15 is 0 Å². The molecule has 54 valence electrons. The Kier molecular flexibility index (Phi) is 4.97. The van der Waals surface area contributed by atoms with E-state index < -0.39 is 0 Å². The Morgan fingerprint density at radius 1 is 1.67 bits per heavy atom. The normalized spacial score (nSPS) is 8.67. The maximum absolute atomic E-state index is 10.4. The molecule has 1 amide bonds. The molecule has 0 saturated heterocycles. The van der Waals surface area contributed by atoms with Gasteiger partial charge < -0.3 is 10.1 Å². The van der Waals surface area contributed by atoms with Gasteiger partial charge in [0.05, 0.1) is 6.61 Å². The van der Waals surface area contributed by atoms with Crippen molar-refractivity contribution >= 4 is 6.09 Å². The number of unbranched alkanes of at least 4 members (excludes halogenated alkanes) is 1. The zero-order valence-electron chi connectivity index (χ0n) is 5.94. The van der Waals surface area contributed by atoms with Gasteiger partial charge in [-0.05, 0) is 6.42 Å². The largest absolute Gasteiger partial charge is 0.450 e. The molecule has 0 unspecified atom stereocenters. The molecule has 0 rings (SSSR count). The molecule has 0 fully saturated rings. The van der Waals surface area contributed by atoms with Crippen LogP contribution in [0.1, 0.15) is 19.8 Å². The Hall–Kier alpha value is -0.730. The summed E-state index contributed by atoms with van der Waals surface area (Å²) in [6.45, 7) is 2.57. The second-order valence-electron chi connectivity index (χ2n) is 1.74. The van der Waals surface area contributed by atoms with E-state index in [1.54, 1.807) is 7.05 Å². The lowest BCUT2D eigenvalue weighted by molar-refractivity contribution is 0.147. The molecule has 0 radical (unpaired) electrons. The summed E-state index contributed by atoms with van der Waals surface area (Å²) in [5.74, 6) is 0. The van der Waals surface area contributed by atoms with Crippen molar-refractivity contribution in [1.29, 1.82) is 0 Å². The Morgan fingerprint density at radius 2 is 2.33 bits per heavy atom. The molecule has 0 aliphatic carbocycles. The van der Waals surface area contributed by atoms with E-state index in [1.165, 1.54) is 0 Å². The molecular weight excluding hydrogens is 118 g/mol. The molecular formula is C6H13NO2. The number of carbonyl (C=O) groups excluding carboxylic acids is 1. The van der Waals surface area contributed by atoms with Crippen LogP contribution in [0.3, 0.4) is 0 Å². The molecule has 9 heavy (non-hydrogen) atoms. The molecule has 0 bridgehead atoms. The first-order valence-electron chi connectivity index (χ1n) is 3.15. The molecule has 3 nitrogen and oxygen atoms in total. The van der Waals surface area contributed by atoms with Gasteiger partial charge in [-0.3, -0.25) is 0 Å². The highest BCUT2D eigenvalue weighted by Crippen LogP contribution is 1.86. The number of hydrogen-bond donors (Lipinski definition) is 1. The molecule has 0 aromatic heterocycles. The van der Waals surface area contributed by atoms with Gasteiger partial charge in [-0.25, -0.2) is 4.79 Å². The number of alkyl carbamates (subject to hydrolysis) is 1. The van der Waals surface area contributed by atoms with Crippen LogP contribution in [0.4, 0.5) is 4.79 Å². The highest BCUT2D eigenvalue weighted by Gasteiger charge is 1.93. The van der Waals surface area contributed by atoms with Gasteiger partial charge in [0.1, 0.15) is 0 Å². The van der Waals surface area contributed by atoms with Crippen LogP contribution in [0, 0.1) is 0 Å².